The van der Waals surface area contributed by atoms with Gasteiger partial charge in [-0.15, -0.1) is 11.3 Å². The molecule has 1 aliphatic heterocycles. The molecule has 0 bridgehead atoms. The summed E-state index contributed by atoms with van der Waals surface area (Å²) >= 11 is 7.47. The number of thiazole rings is 1. The maximum atomic E-state index is 14.3. The van der Waals surface area contributed by atoms with E-state index in [0.717, 1.165) is 41.4 Å². The fourth-order valence-corrected chi connectivity index (χ4v) is 6.36. The molecule has 0 saturated carbocycles. The number of pyridine rings is 1. The van der Waals surface area contributed by atoms with E-state index >= 15 is 0 Å². The van der Waals surface area contributed by atoms with E-state index in [-0.39, 0.29) is 16.8 Å². The predicted octanol–water partition coefficient (Wildman–Crippen LogP) is 6.27. The summed E-state index contributed by atoms with van der Waals surface area (Å²) in [7, 11) is 0. The topological polar surface area (TPSA) is 64.4 Å². The van der Waals surface area contributed by atoms with Gasteiger partial charge in [-0.1, -0.05) is 49.7 Å². The molecule has 38 heavy (non-hydrogen) atoms. The Morgan fingerprint density at radius 1 is 0.947 bits per heavy atom. The largest absolute Gasteiger partial charge is 0.378 e. The molecule has 1 fully saturated rings. The van der Waals surface area contributed by atoms with Crippen LogP contribution in [-0.4, -0.2) is 41.6 Å². The lowest BCUT2D eigenvalue weighted by molar-refractivity contribution is 0.0909. The minimum atomic E-state index is -0.239. The first-order valence-corrected chi connectivity index (χ1v) is 14.0. The lowest BCUT2D eigenvalue weighted by Crippen LogP contribution is -2.38. The molecule has 0 spiro atoms. The Bertz CT molecular complexity index is 1580. The van der Waals surface area contributed by atoms with Gasteiger partial charge in [0, 0.05) is 46.7 Å². The minimum absolute atomic E-state index is 0.0598. The van der Waals surface area contributed by atoms with Gasteiger partial charge in [0.1, 0.15) is 5.01 Å². The molecule has 0 amide bonds. The van der Waals surface area contributed by atoms with Crippen molar-refractivity contribution in [3.63, 3.8) is 0 Å². The number of halogens is 1. The van der Waals surface area contributed by atoms with E-state index in [4.69, 9.17) is 21.3 Å². The van der Waals surface area contributed by atoms with Crippen LogP contribution < -0.4 is 10.5 Å². The normalized spacial score (nSPS) is 16.9. The molecule has 6 nitrogen and oxygen atoms in total. The average Bonchev–Trinajstić information content (AvgIpc) is 3.39. The number of hydrogen-bond donors (Lipinski definition) is 0. The molecule has 0 N–H and O–H groups in total. The smallest absolute Gasteiger partial charge is 0.265 e. The van der Waals surface area contributed by atoms with Crippen molar-refractivity contribution in [1.29, 1.82) is 0 Å². The Labute approximate surface area is 230 Å². The van der Waals surface area contributed by atoms with Gasteiger partial charge in [-0.05, 0) is 42.2 Å². The zero-order valence-corrected chi connectivity index (χ0v) is 22.9. The Kier molecular flexibility index (Phi) is 6.46. The molecule has 1 saturated heterocycles. The first-order valence-electron chi connectivity index (χ1n) is 12.8. The highest BCUT2D eigenvalue weighted by atomic mass is 35.5. The lowest BCUT2D eigenvalue weighted by Gasteiger charge is -2.34. The maximum Gasteiger partial charge on any atom is 0.265 e. The van der Waals surface area contributed by atoms with E-state index in [1.807, 2.05) is 53.9 Å². The summed E-state index contributed by atoms with van der Waals surface area (Å²) in [5.74, 6) is 0.0598. The maximum absolute atomic E-state index is 14.3. The predicted molar refractivity (Wildman–Crippen MR) is 153 cm³/mol. The summed E-state index contributed by atoms with van der Waals surface area (Å²) in [5.41, 5.74) is 4.88. The SMILES string of the molecule is CC1(C)CC(=O)c2cc(-c3nc(-c4ccc(Cl)cc4)cs3)c(=O)n(-c3ccccc3N3CCOCC3)c2C1. The zero-order valence-electron chi connectivity index (χ0n) is 21.4. The number of nitrogens with zero attached hydrogens (tertiary/aromatic N) is 3. The van der Waals surface area contributed by atoms with Crippen LogP contribution in [0, 0.1) is 5.41 Å². The van der Waals surface area contributed by atoms with E-state index in [0.29, 0.717) is 47.2 Å². The molecule has 1 aliphatic carbocycles. The number of fused-ring (bicyclic) bond motifs is 1. The highest BCUT2D eigenvalue weighted by Crippen LogP contribution is 2.38. The van der Waals surface area contributed by atoms with E-state index in [2.05, 4.69) is 18.7 Å². The summed E-state index contributed by atoms with van der Waals surface area (Å²) < 4.78 is 7.35. The number of carbonyl (C=O) groups excluding carboxylic acids is 1. The molecule has 2 aromatic heterocycles. The fourth-order valence-electron chi connectivity index (χ4n) is 5.40. The van der Waals surface area contributed by atoms with Crippen LogP contribution in [0.3, 0.4) is 0 Å². The average molecular weight is 546 g/mol. The van der Waals surface area contributed by atoms with Crippen LogP contribution in [0.25, 0.3) is 27.5 Å². The number of carbonyl (C=O) groups is 1. The van der Waals surface area contributed by atoms with Gasteiger partial charge >= 0.3 is 0 Å². The van der Waals surface area contributed by atoms with Gasteiger partial charge in [-0.25, -0.2) is 4.98 Å². The van der Waals surface area contributed by atoms with Gasteiger partial charge in [0.15, 0.2) is 5.78 Å². The summed E-state index contributed by atoms with van der Waals surface area (Å²) in [6.07, 6.45) is 1.07. The summed E-state index contributed by atoms with van der Waals surface area (Å²) in [5, 5.41) is 3.19. The number of ether oxygens (including phenoxy) is 1. The Balaban J connectivity index is 1.56. The number of Topliss-reactive ketones (excluding diaryl/α,β-unsaturated/α-hetero) is 1. The number of para-hydroxylation sites is 2. The molecular weight excluding hydrogens is 518 g/mol. The van der Waals surface area contributed by atoms with Gasteiger partial charge in [-0.2, -0.15) is 0 Å². The van der Waals surface area contributed by atoms with Crippen molar-refractivity contribution in [3.8, 4) is 27.5 Å². The molecule has 8 heteroatoms. The van der Waals surface area contributed by atoms with E-state index in [1.165, 1.54) is 11.3 Å². The molecule has 0 radical (unpaired) electrons. The quantitative estimate of drug-likeness (QED) is 0.302. The van der Waals surface area contributed by atoms with E-state index in [1.54, 1.807) is 10.6 Å². The number of anilines is 1. The monoisotopic (exact) mass is 545 g/mol. The second-order valence-corrected chi connectivity index (χ2v) is 11.9. The van der Waals surface area contributed by atoms with Crippen LogP contribution in [-0.2, 0) is 11.2 Å². The van der Waals surface area contributed by atoms with E-state index in [9.17, 15) is 9.59 Å². The van der Waals surface area contributed by atoms with Crippen molar-refractivity contribution in [2.45, 2.75) is 26.7 Å². The van der Waals surface area contributed by atoms with Crippen molar-refractivity contribution < 1.29 is 9.53 Å². The number of benzene rings is 2. The van der Waals surface area contributed by atoms with Crippen LogP contribution in [0.4, 0.5) is 5.69 Å². The third-order valence-corrected chi connectivity index (χ3v) is 8.37. The van der Waals surface area contributed by atoms with Crippen molar-refractivity contribution in [1.82, 2.24) is 9.55 Å². The molecule has 6 rings (SSSR count). The van der Waals surface area contributed by atoms with Gasteiger partial charge in [-0.3, -0.25) is 14.2 Å². The Hall–Kier alpha value is -3.26. The zero-order chi connectivity index (χ0) is 26.4. The molecule has 194 valence electrons. The first-order chi connectivity index (χ1) is 18.3. The van der Waals surface area contributed by atoms with Crippen molar-refractivity contribution in [2.75, 3.05) is 31.2 Å². The lowest BCUT2D eigenvalue weighted by atomic mass is 9.75. The van der Waals surface area contributed by atoms with Crippen LogP contribution in [0.5, 0.6) is 0 Å². The minimum Gasteiger partial charge on any atom is -0.378 e. The molecule has 3 heterocycles. The molecule has 0 atom stereocenters. The standard InChI is InChI=1S/C30H28ClN3O3S/c1-30(2)16-26-21(27(35)17-30)15-22(28-32-23(18-38-28)19-7-9-20(31)10-8-19)29(36)34(26)25-6-4-3-5-24(25)33-11-13-37-14-12-33/h3-10,15,18H,11-14,16-17H2,1-2H3. The van der Waals surface area contributed by atoms with Gasteiger partial charge < -0.3 is 9.64 Å². The number of aromatic nitrogens is 2. The van der Waals surface area contributed by atoms with Gasteiger partial charge in [0.2, 0.25) is 0 Å². The Morgan fingerprint density at radius 3 is 2.39 bits per heavy atom. The van der Waals surface area contributed by atoms with E-state index < -0.39 is 0 Å². The van der Waals surface area contributed by atoms with Crippen LogP contribution in [0.1, 0.15) is 36.3 Å². The van der Waals surface area contributed by atoms with Gasteiger partial charge in [0.05, 0.1) is 35.8 Å². The number of morpholine rings is 1. The fraction of sp³-hybridized carbons (Fsp3) is 0.300. The third-order valence-electron chi connectivity index (χ3n) is 7.24. The number of rotatable bonds is 4. The summed E-state index contributed by atoms with van der Waals surface area (Å²) in [6, 6.07) is 17.2. The molecule has 4 aromatic rings. The van der Waals surface area contributed by atoms with Crippen LogP contribution in [0.2, 0.25) is 5.02 Å². The number of ketones is 1. The van der Waals surface area contributed by atoms with Crippen molar-refractivity contribution in [2.24, 2.45) is 5.41 Å². The molecule has 0 unspecified atom stereocenters. The third kappa shape index (κ3) is 4.59. The molecular formula is C30H28ClN3O3S. The highest BCUT2D eigenvalue weighted by Gasteiger charge is 2.35. The van der Waals surface area contributed by atoms with Crippen molar-refractivity contribution in [3.05, 3.63) is 86.6 Å². The van der Waals surface area contributed by atoms with Crippen molar-refractivity contribution >= 4 is 34.4 Å². The molecule has 2 aliphatic rings. The first kappa shape index (κ1) is 25.0. The summed E-state index contributed by atoms with van der Waals surface area (Å²) in [6.45, 7) is 6.94. The molecule has 2 aromatic carbocycles. The second kappa shape index (κ2) is 9.80. The summed E-state index contributed by atoms with van der Waals surface area (Å²) in [4.78, 5) is 34.9. The highest BCUT2D eigenvalue weighted by molar-refractivity contribution is 7.13. The second-order valence-electron chi connectivity index (χ2n) is 10.6. The Morgan fingerprint density at radius 2 is 1.66 bits per heavy atom. The van der Waals surface area contributed by atoms with Gasteiger partial charge in [0.25, 0.3) is 5.56 Å². The van der Waals surface area contributed by atoms with Crippen LogP contribution >= 0.6 is 22.9 Å². The number of hydrogen-bond acceptors (Lipinski definition) is 6. The van der Waals surface area contributed by atoms with Crippen LogP contribution in [0.15, 0.2) is 64.8 Å².